The molecule has 3 amide bonds. The number of imidazole rings is 1. The van der Waals surface area contributed by atoms with Crippen molar-refractivity contribution in [3.63, 3.8) is 0 Å². The summed E-state index contributed by atoms with van der Waals surface area (Å²) in [5.74, 6) is -3.18. The Labute approximate surface area is 150 Å². The minimum Gasteiger partial charge on any atom is -0.480 e. The molecule has 144 valence electrons. The number of nitrogens with zero attached hydrogens (tertiary/aromatic N) is 1. The van der Waals surface area contributed by atoms with Gasteiger partial charge in [0.2, 0.25) is 17.7 Å². The van der Waals surface area contributed by atoms with Gasteiger partial charge in [-0.05, 0) is 5.92 Å². The third-order valence-electron chi connectivity index (χ3n) is 3.43. The van der Waals surface area contributed by atoms with Gasteiger partial charge in [-0.3, -0.25) is 19.2 Å². The first-order valence-electron chi connectivity index (χ1n) is 8.00. The van der Waals surface area contributed by atoms with Crippen LogP contribution in [0, 0.1) is 5.92 Å². The number of carboxylic acids is 1. The van der Waals surface area contributed by atoms with Gasteiger partial charge in [-0.15, -0.1) is 0 Å². The second kappa shape index (κ2) is 10.1. The number of carboxylic acid groups (broad SMARTS) is 1. The monoisotopic (exact) mass is 368 g/mol. The largest absolute Gasteiger partial charge is 0.480 e. The maximum Gasteiger partial charge on any atom is 0.322 e. The molecule has 1 aromatic heterocycles. The van der Waals surface area contributed by atoms with E-state index in [1.807, 2.05) is 0 Å². The van der Waals surface area contributed by atoms with Crippen molar-refractivity contribution in [2.24, 2.45) is 11.7 Å². The molecule has 0 saturated heterocycles. The molecule has 1 heterocycles. The molecule has 0 aliphatic rings. The van der Waals surface area contributed by atoms with Crippen LogP contribution < -0.4 is 21.7 Å². The Morgan fingerprint density at radius 3 is 2.38 bits per heavy atom. The molecular weight excluding hydrogens is 344 g/mol. The quantitative estimate of drug-likeness (QED) is 0.269. The maximum atomic E-state index is 12.0. The van der Waals surface area contributed by atoms with E-state index in [4.69, 9.17) is 10.8 Å². The molecular formula is C15H24N6O5. The van der Waals surface area contributed by atoms with E-state index in [-0.39, 0.29) is 18.9 Å². The number of rotatable bonds is 10. The van der Waals surface area contributed by atoms with Gasteiger partial charge in [-0.25, -0.2) is 4.98 Å². The predicted molar refractivity (Wildman–Crippen MR) is 90.7 cm³/mol. The average molecular weight is 368 g/mol. The molecule has 0 bridgehead atoms. The molecule has 1 aromatic rings. The first-order chi connectivity index (χ1) is 12.2. The molecule has 0 saturated carbocycles. The van der Waals surface area contributed by atoms with Gasteiger partial charge in [-0.2, -0.15) is 0 Å². The molecule has 1 rings (SSSR count). The number of aliphatic carboxylic acids is 1. The highest BCUT2D eigenvalue weighted by atomic mass is 16.4. The smallest absolute Gasteiger partial charge is 0.322 e. The molecule has 11 nitrogen and oxygen atoms in total. The summed E-state index contributed by atoms with van der Waals surface area (Å²) < 4.78 is 0. The zero-order chi connectivity index (χ0) is 19.7. The summed E-state index contributed by atoms with van der Waals surface area (Å²) in [6.45, 7) is 2.50. The number of aromatic nitrogens is 2. The fraction of sp³-hybridized carbons (Fsp3) is 0.533. The first kappa shape index (κ1) is 21.1. The van der Waals surface area contributed by atoms with Gasteiger partial charge >= 0.3 is 5.97 Å². The van der Waals surface area contributed by atoms with Crippen molar-refractivity contribution in [1.29, 1.82) is 0 Å². The average Bonchev–Trinajstić information content (AvgIpc) is 3.07. The predicted octanol–water partition coefficient (Wildman–Crippen LogP) is -2.26. The van der Waals surface area contributed by atoms with Crippen molar-refractivity contribution in [2.45, 2.75) is 32.4 Å². The summed E-state index contributed by atoms with van der Waals surface area (Å²) in [7, 11) is 0. The lowest BCUT2D eigenvalue weighted by atomic mass is 10.0. The third kappa shape index (κ3) is 7.30. The number of hydrogen-bond acceptors (Lipinski definition) is 6. The van der Waals surface area contributed by atoms with Crippen LogP contribution in [0.15, 0.2) is 12.5 Å². The molecule has 11 heteroatoms. The van der Waals surface area contributed by atoms with Crippen LogP contribution in [0.2, 0.25) is 0 Å². The van der Waals surface area contributed by atoms with Gasteiger partial charge in [0.25, 0.3) is 0 Å². The minimum absolute atomic E-state index is 0.236. The van der Waals surface area contributed by atoms with Gasteiger partial charge in [-0.1, -0.05) is 13.8 Å². The van der Waals surface area contributed by atoms with E-state index < -0.39 is 42.3 Å². The van der Waals surface area contributed by atoms with E-state index in [9.17, 15) is 19.2 Å². The van der Waals surface area contributed by atoms with E-state index in [1.54, 1.807) is 20.0 Å². The maximum absolute atomic E-state index is 12.0. The number of carbonyl (C=O) groups excluding carboxylic acids is 3. The topological polar surface area (TPSA) is 179 Å². The van der Waals surface area contributed by atoms with Crippen molar-refractivity contribution in [1.82, 2.24) is 25.9 Å². The highest BCUT2D eigenvalue weighted by Crippen LogP contribution is 2.01. The number of aromatic amines is 1. The molecule has 7 N–H and O–H groups in total. The Morgan fingerprint density at radius 2 is 1.85 bits per heavy atom. The Kier molecular flexibility index (Phi) is 8.22. The van der Waals surface area contributed by atoms with Gasteiger partial charge in [0.05, 0.1) is 18.9 Å². The second-order valence-corrected chi connectivity index (χ2v) is 6.01. The number of amides is 3. The van der Waals surface area contributed by atoms with Crippen LogP contribution >= 0.6 is 0 Å². The van der Waals surface area contributed by atoms with Crippen LogP contribution in [0.1, 0.15) is 19.5 Å². The molecule has 0 aliphatic carbocycles. The van der Waals surface area contributed by atoms with Gasteiger partial charge in [0.15, 0.2) is 0 Å². The van der Waals surface area contributed by atoms with E-state index in [0.717, 1.165) is 0 Å². The van der Waals surface area contributed by atoms with E-state index in [0.29, 0.717) is 5.69 Å². The summed E-state index contributed by atoms with van der Waals surface area (Å²) in [6, 6.07) is -1.78. The fourth-order valence-corrected chi connectivity index (χ4v) is 2.06. The fourth-order valence-electron chi connectivity index (χ4n) is 2.06. The summed E-state index contributed by atoms with van der Waals surface area (Å²) in [4.78, 5) is 53.0. The van der Waals surface area contributed by atoms with E-state index >= 15 is 0 Å². The van der Waals surface area contributed by atoms with Crippen molar-refractivity contribution < 1.29 is 24.3 Å². The van der Waals surface area contributed by atoms with Gasteiger partial charge in [0.1, 0.15) is 12.6 Å². The molecule has 0 aliphatic heterocycles. The zero-order valence-electron chi connectivity index (χ0n) is 14.6. The number of carbonyl (C=O) groups is 4. The molecule has 0 spiro atoms. The molecule has 0 fully saturated rings. The van der Waals surface area contributed by atoms with Crippen LogP contribution in [0.3, 0.4) is 0 Å². The minimum atomic E-state index is -1.19. The number of H-pyrrole nitrogens is 1. The highest BCUT2D eigenvalue weighted by molar-refractivity contribution is 5.92. The second-order valence-electron chi connectivity index (χ2n) is 6.01. The van der Waals surface area contributed by atoms with Crippen molar-refractivity contribution in [3.8, 4) is 0 Å². The van der Waals surface area contributed by atoms with Crippen LogP contribution in [-0.2, 0) is 25.6 Å². The van der Waals surface area contributed by atoms with Crippen LogP contribution in [0.4, 0.5) is 0 Å². The lowest BCUT2D eigenvalue weighted by Crippen LogP contribution is -2.53. The Balaban J connectivity index is 2.45. The van der Waals surface area contributed by atoms with Crippen molar-refractivity contribution >= 4 is 23.7 Å². The summed E-state index contributed by atoms with van der Waals surface area (Å²) in [5, 5.41) is 15.6. The van der Waals surface area contributed by atoms with Gasteiger partial charge < -0.3 is 31.8 Å². The number of hydrogen-bond donors (Lipinski definition) is 6. The first-order valence-corrected chi connectivity index (χ1v) is 8.00. The van der Waals surface area contributed by atoms with E-state index in [1.165, 1.54) is 6.33 Å². The van der Waals surface area contributed by atoms with Crippen molar-refractivity contribution in [2.75, 3.05) is 13.1 Å². The zero-order valence-corrected chi connectivity index (χ0v) is 14.6. The molecule has 0 aromatic carbocycles. The highest BCUT2D eigenvalue weighted by Gasteiger charge is 2.25. The van der Waals surface area contributed by atoms with Crippen LogP contribution in [0.5, 0.6) is 0 Å². The van der Waals surface area contributed by atoms with Crippen LogP contribution in [-0.4, -0.2) is 63.9 Å². The Morgan fingerprint density at radius 1 is 1.19 bits per heavy atom. The summed E-state index contributed by atoms with van der Waals surface area (Å²) in [5.41, 5.74) is 6.44. The summed E-state index contributed by atoms with van der Waals surface area (Å²) >= 11 is 0. The molecule has 2 atom stereocenters. The number of nitrogens with two attached hydrogens (primary N) is 1. The lowest BCUT2D eigenvalue weighted by Gasteiger charge is -2.21. The molecule has 0 radical (unpaired) electrons. The lowest BCUT2D eigenvalue weighted by molar-refractivity contribution is -0.138. The Bertz CT molecular complexity index is 630. The molecule has 2 unspecified atom stereocenters. The van der Waals surface area contributed by atoms with E-state index in [2.05, 4.69) is 25.9 Å². The SMILES string of the molecule is CC(C)C(NC(=O)CNC(=O)C(N)Cc1cnc[nH]1)C(=O)NCC(=O)O. The number of nitrogens with one attached hydrogen (secondary N) is 4. The molecule has 26 heavy (non-hydrogen) atoms. The Hall–Kier alpha value is -2.95. The summed E-state index contributed by atoms with van der Waals surface area (Å²) in [6.07, 6.45) is 3.25. The standard InChI is InChI=1S/C15H24N6O5/c1-8(2)13(15(26)19-6-12(23)24)21-11(22)5-18-14(25)10(16)3-9-4-17-7-20-9/h4,7-8,10,13H,3,5-6,16H2,1-2H3,(H,17,20)(H,18,25)(H,19,26)(H,21,22)(H,23,24). The van der Waals surface area contributed by atoms with Gasteiger partial charge in [0, 0.05) is 18.3 Å². The third-order valence-corrected chi connectivity index (χ3v) is 3.43. The van der Waals surface area contributed by atoms with Crippen molar-refractivity contribution in [3.05, 3.63) is 18.2 Å². The van der Waals surface area contributed by atoms with Crippen LogP contribution in [0.25, 0.3) is 0 Å². The normalized spacial score (nSPS) is 12.9.